The van der Waals surface area contributed by atoms with Crippen LogP contribution in [0.2, 0.25) is 0 Å². The fraction of sp³-hybridized carbons (Fsp3) is 0.562. The summed E-state index contributed by atoms with van der Waals surface area (Å²) in [5, 5.41) is 8.58. The molecule has 1 aromatic rings. The third-order valence-electron chi connectivity index (χ3n) is 1.36. The molecular formula is C16H32O2S. The van der Waals surface area contributed by atoms with Crippen LogP contribution >= 0.6 is 12.6 Å². The topological polar surface area (TPSA) is 37.3 Å². The van der Waals surface area contributed by atoms with Crippen molar-refractivity contribution < 1.29 is 9.90 Å². The lowest BCUT2D eigenvalue weighted by atomic mass is 10.1. The molecule has 0 amide bonds. The van der Waals surface area contributed by atoms with E-state index in [0.29, 0.717) is 11.3 Å². The second-order valence-electron chi connectivity index (χ2n) is 2.16. The number of rotatable bonds is 2. The molecule has 0 heterocycles. The Labute approximate surface area is 125 Å². The van der Waals surface area contributed by atoms with E-state index >= 15 is 0 Å². The van der Waals surface area contributed by atoms with Crippen molar-refractivity contribution in [3.8, 4) is 0 Å². The van der Waals surface area contributed by atoms with Gasteiger partial charge in [-0.2, -0.15) is 12.6 Å². The van der Waals surface area contributed by atoms with Crippen LogP contribution in [-0.4, -0.2) is 11.1 Å². The van der Waals surface area contributed by atoms with Gasteiger partial charge in [-0.05, 0) is 17.7 Å². The molecule has 0 saturated heterocycles. The summed E-state index contributed by atoms with van der Waals surface area (Å²) in [5.41, 5.74) is 1.24. The normalized spacial score (nSPS) is 6.79. The molecule has 0 spiro atoms. The quantitative estimate of drug-likeness (QED) is 0.663. The van der Waals surface area contributed by atoms with Gasteiger partial charge in [0.1, 0.15) is 0 Å². The van der Waals surface area contributed by atoms with E-state index in [1.807, 2.05) is 61.5 Å². The largest absolute Gasteiger partial charge is 0.478 e. The summed E-state index contributed by atoms with van der Waals surface area (Å²) in [5.74, 6) is -0.324. The lowest BCUT2D eigenvalue weighted by Crippen LogP contribution is -1.95. The molecule has 2 nitrogen and oxygen atoms in total. The molecule has 3 heteroatoms. The first kappa shape index (κ1) is 26.6. The highest BCUT2D eigenvalue weighted by atomic mass is 32.1. The molecule has 0 aliphatic carbocycles. The van der Waals surface area contributed by atoms with Gasteiger partial charge in [0.25, 0.3) is 0 Å². The van der Waals surface area contributed by atoms with Crippen LogP contribution in [0, 0.1) is 0 Å². The van der Waals surface area contributed by atoms with Gasteiger partial charge < -0.3 is 5.11 Å². The van der Waals surface area contributed by atoms with Crippen LogP contribution < -0.4 is 0 Å². The van der Waals surface area contributed by atoms with Crippen LogP contribution in [0.25, 0.3) is 0 Å². The average Bonchev–Trinajstić information content (AvgIpc) is 2.55. The first-order chi connectivity index (χ1) is 9.24. The maximum Gasteiger partial charge on any atom is 0.335 e. The summed E-state index contributed by atoms with van der Waals surface area (Å²) in [4.78, 5) is 10.4. The summed E-state index contributed by atoms with van der Waals surface area (Å²) in [6.07, 6.45) is 0. The third kappa shape index (κ3) is 17.0. The van der Waals surface area contributed by atoms with Crippen LogP contribution in [0.5, 0.6) is 0 Å². The highest BCUT2D eigenvalue weighted by Crippen LogP contribution is 2.06. The highest BCUT2D eigenvalue weighted by molar-refractivity contribution is 7.79. The molecule has 0 unspecified atom stereocenters. The van der Waals surface area contributed by atoms with Crippen molar-refractivity contribution in [2.24, 2.45) is 0 Å². The predicted octanol–water partition coefficient (Wildman–Crippen LogP) is 5.92. The van der Waals surface area contributed by atoms with Crippen LogP contribution in [-0.2, 0) is 5.75 Å². The smallest absolute Gasteiger partial charge is 0.335 e. The number of carboxylic acid groups (broad SMARTS) is 1. The minimum atomic E-state index is -0.895. The molecule has 0 aromatic heterocycles. The molecule has 0 radical (unpaired) electrons. The van der Waals surface area contributed by atoms with Crippen LogP contribution in [0.1, 0.15) is 71.3 Å². The first-order valence-electron chi connectivity index (χ1n) is 7.17. The summed E-state index contributed by atoms with van der Waals surface area (Å²) in [6.45, 7) is 16.0. The van der Waals surface area contributed by atoms with Crippen molar-refractivity contribution in [1.82, 2.24) is 0 Å². The summed E-state index contributed by atoms with van der Waals surface area (Å²) in [7, 11) is 0. The lowest BCUT2D eigenvalue weighted by Gasteiger charge is -1.96. The Kier molecular flexibility index (Phi) is 36.1. The summed E-state index contributed by atoms with van der Waals surface area (Å²) < 4.78 is 0. The van der Waals surface area contributed by atoms with E-state index in [4.69, 9.17) is 5.11 Å². The fourth-order valence-electron chi connectivity index (χ4n) is 0.803. The fourth-order valence-corrected chi connectivity index (χ4v) is 0.999. The Balaban J connectivity index is -0.000000121. The second-order valence-corrected chi connectivity index (χ2v) is 2.48. The maximum absolute atomic E-state index is 10.4. The molecule has 1 aromatic carbocycles. The molecule has 1 rings (SSSR count). The molecule has 1 N–H and O–H groups in total. The SMILES string of the molecule is CC.CC.CC.CC.O=C(O)c1cccc(CS)c1. The number of carbonyl (C=O) groups is 1. The number of aromatic carboxylic acids is 1. The monoisotopic (exact) mass is 288 g/mol. The minimum absolute atomic E-state index is 0.316. The molecule has 19 heavy (non-hydrogen) atoms. The van der Waals surface area contributed by atoms with Gasteiger partial charge in [-0.15, -0.1) is 0 Å². The molecule has 0 aliphatic heterocycles. The number of hydrogen-bond acceptors (Lipinski definition) is 2. The first-order valence-corrected chi connectivity index (χ1v) is 7.80. The van der Waals surface area contributed by atoms with Gasteiger partial charge in [-0.1, -0.05) is 67.5 Å². The number of hydrogen-bond donors (Lipinski definition) is 2. The summed E-state index contributed by atoms with van der Waals surface area (Å²) >= 11 is 4.03. The van der Waals surface area contributed by atoms with Gasteiger partial charge in [-0.3, -0.25) is 0 Å². The van der Waals surface area contributed by atoms with Crippen molar-refractivity contribution in [2.45, 2.75) is 61.1 Å². The van der Waals surface area contributed by atoms with E-state index in [0.717, 1.165) is 5.56 Å². The zero-order valence-electron chi connectivity index (χ0n) is 13.8. The van der Waals surface area contributed by atoms with E-state index in [9.17, 15) is 4.79 Å². The Bertz CT molecular complexity index is 273. The molecule has 0 saturated carbocycles. The number of carboxylic acids is 1. The van der Waals surface area contributed by atoms with Crippen molar-refractivity contribution in [3.63, 3.8) is 0 Å². The van der Waals surface area contributed by atoms with Crippen molar-refractivity contribution in [2.75, 3.05) is 0 Å². The predicted molar refractivity (Wildman–Crippen MR) is 91.5 cm³/mol. The van der Waals surface area contributed by atoms with Gasteiger partial charge >= 0.3 is 5.97 Å². The minimum Gasteiger partial charge on any atom is -0.478 e. The van der Waals surface area contributed by atoms with Crippen LogP contribution in [0.4, 0.5) is 0 Å². The van der Waals surface area contributed by atoms with E-state index in [-0.39, 0.29) is 0 Å². The van der Waals surface area contributed by atoms with Crippen LogP contribution in [0.3, 0.4) is 0 Å². The Hall–Kier alpha value is -0.960. The van der Waals surface area contributed by atoms with Crippen molar-refractivity contribution in [1.29, 1.82) is 0 Å². The van der Waals surface area contributed by atoms with E-state index in [2.05, 4.69) is 12.6 Å². The van der Waals surface area contributed by atoms with Gasteiger partial charge in [-0.25, -0.2) is 4.79 Å². The molecule has 0 bridgehead atoms. The summed E-state index contributed by atoms with van der Waals surface area (Å²) in [6, 6.07) is 6.75. The number of thiol groups is 1. The van der Waals surface area contributed by atoms with Gasteiger partial charge in [0, 0.05) is 5.75 Å². The van der Waals surface area contributed by atoms with Crippen molar-refractivity contribution >= 4 is 18.6 Å². The molecule has 0 fully saturated rings. The van der Waals surface area contributed by atoms with Gasteiger partial charge in [0.05, 0.1) is 5.56 Å². The van der Waals surface area contributed by atoms with Gasteiger partial charge in [0.15, 0.2) is 0 Å². The Morgan fingerprint density at radius 3 is 1.74 bits per heavy atom. The standard InChI is InChI=1S/C8H8O2S.4C2H6/c9-8(10)7-3-1-2-6(4-7)5-11;4*1-2/h1-4,11H,5H2,(H,9,10);4*1-2H3. The molecule has 0 atom stereocenters. The van der Waals surface area contributed by atoms with Gasteiger partial charge in [0.2, 0.25) is 0 Å². The second kappa shape index (κ2) is 25.8. The van der Waals surface area contributed by atoms with Crippen molar-refractivity contribution in [3.05, 3.63) is 35.4 Å². The molecule has 0 aliphatic rings. The maximum atomic E-state index is 10.4. The Morgan fingerprint density at radius 1 is 1.00 bits per heavy atom. The van der Waals surface area contributed by atoms with E-state index < -0.39 is 5.97 Å². The van der Waals surface area contributed by atoms with E-state index in [1.165, 1.54) is 0 Å². The van der Waals surface area contributed by atoms with Crippen LogP contribution in [0.15, 0.2) is 24.3 Å². The average molecular weight is 288 g/mol. The van der Waals surface area contributed by atoms with E-state index in [1.54, 1.807) is 18.2 Å². The number of benzene rings is 1. The molecular weight excluding hydrogens is 256 g/mol. The lowest BCUT2D eigenvalue weighted by molar-refractivity contribution is 0.0697. The zero-order valence-corrected chi connectivity index (χ0v) is 14.7. The Morgan fingerprint density at radius 2 is 1.42 bits per heavy atom. The zero-order chi connectivity index (χ0) is 16.3. The molecule has 114 valence electrons. The third-order valence-corrected chi connectivity index (χ3v) is 1.72. The highest BCUT2D eigenvalue weighted by Gasteiger charge is 2.00.